The van der Waals surface area contributed by atoms with Crippen molar-refractivity contribution in [2.24, 2.45) is 0 Å². The Kier molecular flexibility index (Phi) is 3.37. The third-order valence-electron chi connectivity index (χ3n) is 2.09. The predicted molar refractivity (Wildman–Crippen MR) is 62.4 cm³/mol. The van der Waals surface area contributed by atoms with Gasteiger partial charge in [-0.05, 0) is 45.1 Å². The average Bonchev–Trinajstić information content (AvgIpc) is 2.62. The Labute approximate surface area is 103 Å². The smallest absolute Gasteiger partial charge is 0.126 e. The van der Waals surface area contributed by atoms with Crippen molar-refractivity contribution in [3.63, 3.8) is 0 Å². The summed E-state index contributed by atoms with van der Waals surface area (Å²) >= 11 is 4.59. The molecule has 0 spiro atoms. The van der Waals surface area contributed by atoms with E-state index in [1.807, 2.05) is 0 Å². The zero-order valence-electron chi connectivity index (χ0n) is 7.95. The van der Waals surface area contributed by atoms with Crippen molar-refractivity contribution >= 4 is 27.3 Å². The van der Waals surface area contributed by atoms with E-state index in [0.717, 1.165) is 22.7 Å². The summed E-state index contributed by atoms with van der Waals surface area (Å²) in [6, 6.07) is 4.80. The molecule has 0 aliphatic heterocycles. The third-order valence-corrected chi connectivity index (χ3v) is 4.02. The molecular formula is C11H7BrF2OS. The summed E-state index contributed by atoms with van der Waals surface area (Å²) in [4.78, 5) is 0.630. The molecule has 1 unspecified atom stereocenters. The highest BCUT2D eigenvalue weighted by Crippen LogP contribution is 2.33. The second-order valence-corrected chi connectivity index (χ2v) is 5.04. The van der Waals surface area contributed by atoms with Gasteiger partial charge in [-0.3, -0.25) is 0 Å². The Morgan fingerprint density at radius 1 is 1.19 bits per heavy atom. The molecule has 0 saturated carbocycles. The van der Waals surface area contributed by atoms with Gasteiger partial charge in [0.1, 0.15) is 17.7 Å². The summed E-state index contributed by atoms with van der Waals surface area (Å²) in [5, 5.41) is 11.7. The van der Waals surface area contributed by atoms with E-state index in [0.29, 0.717) is 4.88 Å². The molecule has 0 saturated heterocycles. The Hall–Kier alpha value is -0.780. The molecule has 0 fully saturated rings. The standard InChI is InChI=1S/C11H7BrF2OS/c12-9-1-2-16-11(9)10(15)6-3-7(13)5-8(14)4-6/h1-5,10,15H. The van der Waals surface area contributed by atoms with Crippen LogP contribution in [-0.4, -0.2) is 5.11 Å². The van der Waals surface area contributed by atoms with E-state index in [-0.39, 0.29) is 5.56 Å². The quantitative estimate of drug-likeness (QED) is 0.893. The summed E-state index contributed by atoms with van der Waals surface area (Å²) in [7, 11) is 0. The van der Waals surface area contributed by atoms with Gasteiger partial charge in [0, 0.05) is 10.5 Å². The maximum absolute atomic E-state index is 13.0. The van der Waals surface area contributed by atoms with Crippen molar-refractivity contribution in [3.05, 3.63) is 56.2 Å². The Morgan fingerprint density at radius 2 is 1.81 bits per heavy atom. The lowest BCUT2D eigenvalue weighted by atomic mass is 10.1. The maximum Gasteiger partial charge on any atom is 0.126 e. The number of hydrogen-bond donors (Lipinski definition) is 1. The van der Waals surface area contributed by atoms with Crippen molar-refractivity contribution in [3.8, 4) is 0 Å². The molecular weight excluding hydrogens is 298 g/mol. The number of halogens is 3. The summed E-state index contributed by atoms with van der Waals surface area (Å²) in [6.45, 7) is 0. The lowest BCUT2D eigenvalue weighted by molar-refractivity contribution is 0.222. The second kappa shape index (κ2) is 4.61. The minimum atomic E-state index is -1.01. The van der Waals surface area contributed by atoms with Crippen molar-refractivity contribution < 1.29 is 13.9 Å². The van der Waals surface area contributed by atoms with Crippen molar-refractivity contribution in [1.29, 1.82) is 0 Å². The van der Waals surface area contributed by atoms with E-state index in [2.05, 4.69) is 15.9 Å². The van der Waals surface area contributed by atoms with Gasteiger partial charge < -0.3 is 5.11 Å². The highest BCUT2D eigenvalue weighted by atomic mass is 79.9. The van der Waals surface area contributed by atoms with E-state index < -0.39 is 17.7 Å². The molecule has 5 heteroatoms. The van der Waals surface area contributed by atoms with Gasteiger partial charge in [-0.25, -0.2) is 8.78 Å². The van der Waals surface area contributed by atoms with Gasteiger partial charge in [-0.15, -0.1) is 11.3 Å². The lowest BCUT2D eigenvalue weighted by Crippen LogP contribution is -1.99. The minimum absolute atomic E-state index is 0.209. The molecule has 2 rings (SSSR count). The molecule has 1 aromatic heterocycles. The maximum atomic E-state index is 13.0. The Bertz CT molecular complexity index is 492. The number of aliphatic hydroxyl groups is 1. The van der Waals surface area contributed by atoms with Gasteiger partial charge in [-0.1, -0.05) is 0 Å². The average molecular weight is 305 g/mol. The number of hydrogen-bond acceptors (Lipinski definition) is 2. The number of rotatable bonds is 2. The molecule has 0 amide bonds. The van der Waals surface area contributed by atoms with Crippen molar-refractivity contribution in [1.82, 2.24) is 0 Å². The topological polar surface area (TPSA) is 20.2 Å². The van der Waals surface area contributed by atoms with Gasteiger partial charge in [0.25, 0.3) is 0 Å². The van der Waals surface area contributed by atoms with Gasteiger partial charge in [0.15, 0.2) is 0 Å². The summed E-state index contributed by atoms with van der Waals surface area (Å²) in [6.07, 6.45) is -1.01. The first-order valence-electron chi connectivity index (χ1n) is 4.45. The zero-order chi connectivity index (χ0) is 11.7. The molecule has 84 valence electrons. The predicted octanol–water partition coefficient (Wildman–Crippen LogP) is 3.87. The number of benzene rings is 1. The van der Waals surface area contributed by atoms with Gasteiger partial charge in [0.2, 0.25) is 0 Å². The van der Waals surface area contributed by atoms with Crippen LogP contribution in [0.5, 0.6) is 0 Å². The van der Waals surface area contributed by atoms with Gasteiger partial charge in [-0.2, -0.15) is 0 Å². The van der Waals surface area contributed by atoms with Crippen molar-refractivity contribution in [2.75, 3.05) is 0 Å². The van der Waals surface area contributed by atoms with E-state index >= 15 is 0 Å². The number of aliphatic hydroxyl groups excluding tert-OH is 1. The fourth-order valence-corrected chi connectivity index (χ4v) is 2.99. The van der Waals surface area contributed by atoms with Crippen molar-refractivity contribution in [2.45, 2.75) is 6.10 Å². The van der Waals surface area contributed by atoms with E-state index in [1.54, 1.807) is 11.4 Å². The Balaban J connectivity index is 2.41. The van der Waals surface area contributed by atoms with Crippen LogP contribution in [0, 0.1) is 11.6 Å². The summed E-state index contributed by atoms with van der Waals surface area (Å²) < 4.78 is 26.7. The molecule has 1 heterocycles. The largest absolute Gasteiger partial charge is 0.383 e. The van der Waals surface area contributed by atoms with E-state index in [4.69, 9.17) is 0 Å². The van der Waals surface area contributed by atoms with E-state index in [1.165, 1.54) is 11.3 Å². The molecule has 1 nitrogen and oxygen atoms in total. The fraction of sp³-hybridized carbons (Fsp3) is 0.0909. The summed E-state index contributed by atoms with van der Waals surface area (Å²) in [5.74, 6) is -1.39. The van der Waals surface area contributed by atoms with Gasteiger partial charge >= 0.3 is 0 Å². The van der Waals surface area contributed by atoms with Gasteiger partial charge in [0.05, 0.1) is 4.88 Å². The monoisotopic (exact) mass is 304 g/mol. The first-order chi connectivity index (χ1) is 7.58. The van der Waals surface area contributed by atoms with Crippen LogP contribution in [0.4, 0.5) is 8.78 Å². The molecule has 0 bridgehead atoms. The molecule has 0 aliphatic carbocycles. The molecule has 1 aromatic carbocycles. The second-order valence-electron chi connectivity index (χ2n) is 3.24. The van der Waals surface area contributed by atoms with E-state index in [9.17, 15) is 13.9 Å². The van der Waals surface area contributed by atoms with Crippen LogP contribution < -0.4 is 0 Å². The normalized spacial score (nSPS) is 12.8. The van der Waals surface area contributed by atoms with Crippen LogP contribution in [0.1, 0.15) is 16.5 Å². The first kappa shape index (κ1) is 11.7. The highest BCUT2D eigenvalue weighted by Gasteiger charge is 2.16. The Morgan fingerprint density at radius 3 is 2.31 bits per heavy atom. The molecule has 0 radical (unpaired) electrons. The van der Waals surface area contributed by atoms with Crippen LogP contribution in [-0.2, 0) is 0 Å². The SMILES string of the molecule is OC(c1cc(F)cc(F)c1)c1sccc1Br. The third kappa shape index (κ3) is 2.31. The number of thiophene rings is 1. The first-order valence-corrected chi connectivity index (χ1v) is 6.12. The van der Waals surface area contributed by atoms with Crippen LogP contribution >= 0.6 is 27.3 Å². The highest BCUT2D eigenvalue weighted by molar-refractivity contribution is 9.10. The molecule has 16 heavy (non-hydrogen) atoms. The fourth-order valence-electron chi connectivity index (χ4n) is 1.38. The van der Waals surface area contributed by atoms with Crippen LogP contribution in [0.2, 0.25) is 0 Å². The molecule has 1 N–H and O–H groups in total. The van der Waals surface area contributed by atoms with Crippen LogP contribution in [0.25, 0.3) is 0 Å². The minimum Gasteiger partial charge on any atom is -0.383 e. The zero-order valence-corrected chi connectivity index (χ0v) is 10.4. The molecule has 1 atom stereocenters. The molecule has 2 aromatic rings. The van der Waals surface area contributed by atoms with Crippen LogP contribution in [0.15, 0.2) is 34.1 Å². The lowest BCUT2D eigenvalue weighted by Gasteiger charge is -2.10. The van der Waals surface area contributed by atoms with Crippen LogP contribution in [0.3, 0.4) is 0 Å². The summed E-state index contributed by atoms with van der Waals surface area (Å²) in [5.41, 5.74) is 0.209. The molecule has 0 aliphatic rings.